The molecular weight excluding hydrogens is 332 g/mol. The van der Waals surface area contributed by atoms with Crippen molar-refractivity contribution >= 4 is 23.3 Å². The van der Waals surface area contributed by atoms with Gasteiger partial charge in [-0.2, -0.15) is 0 Å². The number of carbonyl (C=O) groups excluding carboxylic acids is 2. The number of rotatable bonds is 5. The molecule has 6 nitrogen and oxygen atoms in total. The van der Waals surface area contributed by atoms with Gasteiger partial charge in [-0.15, -0.1) is 0 Å². The lowest BCUT2D eigenvalue weighted by atomic mass is 9.75. The number of nitrogens with one attached hydrogen (secondary N) is 2. The monoisotopic (exact) mass is 355 g/mol. The Labute approximate surface area is 152 Å². The average molecular weight is 355 g/mol. The maximum absolute atomic E-state index is 12.6. The summed E-state index contributed by atoms with van der Waals surface area (Å²) in [5, 5.41) is 3.47. The van der Waals surface area contributed by atoms with E-state index in [9.17, 15) is 9.59 Å². The molecule has 1 aromatic rings. The van der Waals surface area contributed by atoms with Gasteiger partial charge in [0.2, 0.25) is 0 Å². The maximum Gasteiger partial charge on any atom is 0.317 e. The maximum atomic E-state index is 12.6. The molecular formula is C20H23N2O4+. The van der Waals surface area contributed by atoms with Gasteiger partial charge in [0.15, 0.2) is 11.8 Å². The zero-order valence-corrected chi connectivity index (χ0v) is 14.8. The molecule has 1 aromatic carbocycles. The highest BCUT2D eigenvalue weighted by molar-refractivity contribution is 5.97. The van der Waals surface area contributed by atoms with Gasteiger partial charge >= 0.3 is 11.9 Å². The van der Waals surface area contributed by atoms with Crippen molar-refractivity contribution in [2.75, 3.05) is 19.5 Å². The second-order valence-corrected chi connectivity index (χ2v) is 6.34. The number of para-hydroxylation sites is 1. The highest BCUT2D eigenvalue weighted by Crippen LogP contribution is 2.28. The van der Waals surface area contributed by atoms with Crippen LogP contribution in [0, 0.1) is 11.8 Å². The van der Waals surface area contributed by atoms with Gasteiger partial charge in [-0.25, -0.2) is 4.99 Å². The van der Waals surface area contributed by atoms with Crippen LogP contribution in [0.5, 0.6) is 0 Å². The topological polar surface area (TPSA) is 78.6 Å². The number of fused-ring (bicyclic) bond motifs is 1. The number of esters is 2. The first-order chi connectivity index (χ1) is 12.6. The quantitative estimate of drug-likeness (QED) is 0.751. The molecule has 26 heavy (non-hydrogen) atoms. The summed E-state index contributed by atoms with van der Waals surface area (Å²) in [5.41, 5.74) is 1.88. The number of benzene rings is 1. The molecule has 2 N–H and O–H groups in total. The fourth-order valence-corrected chi connectivity index (χ4v) is 3.59. The zero-order chi connectivity index (χ0) is 18.5. The van der Waals surface area contributed by atoms with E-state index in [-0.39, 0.29) is 30.3 Å². The molecule has 0 amide bonds. The second kappa shape index (κ2) is 7.99. The summed E-state index contributed by atoms with van der Waals surface area (Å²) in [6.45, 7) is 0. The molecule has 3 rings (SSSR count). The Kier molecular flexibility index (Phi) is 5.51. The Morgan fingerprint density at radius 1 is 1.12 bits per heavy atom. The normalized spacial score (nSPS) is 26.5. The molecule has 0 bridgehead atoms. The highest BCUT2D eigenvalue weighted by atomic mass is 16.5. The van der Waals surface area contributed by atoms with Crippen LogP contribution in [0.25, 0.3) is 0 Å². The van der Waals surface area contributed by atoms with E-state index in [1.54, 1.807) is 0 Å². The zero-order valence-electron chi connectivity index (χ0n) is 14.8. The molecule has 1 heterocycles. The molecule has 136 valence electrons. The van der Waals surface area contributed by atoms with Crippen molar-refractivity contribution in [1.82, 2.24) is 0 Å². The SMILES string of the molecule is COC(=O)CC1[NH+]=C2C=CC=CC2C(Nc2ccccc2)C1C(=O)OC. The molecule has 0 aromatic heterocycles. The van der Waals surface area contributed by atoms with Crippen LogP contribution < -0.4 is 10.3 Å². The van der Waals surface area contributed by atoms with Crippen LogP contribution in [0.15, 0.2) is 54.6 Å². The lowest BCUT2D eigenvalue weighted by molar-refractivity contribution is -0.518. The fourth-order valence-electron chi connectivity index (χ4n) is 3.59. The van der Waals surface area contributed by atoms with Crippen molar-refractivity contribution in [1.29, 1.82) is 0 Å². The van der Waals surface area contributed by atoms with Crippen LogP contribution in [0.4, 0.5) is 5.69 Å². The van der Waals surface area contributed by atoms with E-state index < -0.39 is 12.0 Å². The highest BCUT2D eigenvalue weighted by Gasteiger charge is 2.50. The van der Waals surface area contributed by atoms with Gasteiger partial charge in [0.1, 0.15) is 12.3 Å². The molecule has 1 aliphatic carbocycles. The van der Waals surface area contributed by atoms with Gasteiger partial charge in [0.05, 0.1) is 26.2 Å². The molecule has 6 heteroatoms. The van der Waals surface area contributed by atoms with Crippen molar-refractivity contribution in [2.45, 2.75) is 18.5 Å². The van der Waals surface area contributed by atoms with Crippen LogP contribution in [-0.2, 0) is 19.1 Å². The molecule has 0 saturated heterocycles. The smallest absolute Gasteiger partial charge is 0.317 e. The lowest BCUT2D eigenvalue weighted by Crippen LogP contribution is -2.88. The Bertz CT molecular complexity index is 754. The Morgan fingerprint density at radius 2 is 1.88 bits per heavy atom. The van der Waals surface area contributed by atoms with E-state index in [0.29, 0.717) is 0 Å². The van der Waals surface area contributed by atoms with Crippen LogP contribution in [-0.4, -0.2) is 44.0 Å². The minimum absolute atomic E-state index is 0.0294. The number of allylic oxidation sites excluding steroid dienone is 3. The first kappa shape index (κ1) is 17.9. The third-order valence-corrected chi connectivity index (χ3v) is 4.82. The van der Waals surface area contributed by atoms with E-state index >= 15 is 0 Å². The van der Waals surface area contributed by atoms with Crippen LogP contribution in [0.3, 0.4) is 0 Å². The first-order valence-corrected chi connectivity index (χ1v) is 8.58. The van der Waals surface area contributed by atoms with E-state index in [4.69, 9.17) is 9.47 Å². The Balaban J connectivity index is 2.00. The van der Waals surface area contributed by atoms with Gasteiger partial charge in [-0.05, 0) is 12.1 Å². The largest absolute Gasteiger partial charge is 0.469 e. The van der Waals surface area contributed by atoms with Crippen LogP contribution >= 0.6 is 0 Å². The predicted octanol–water partition coefficient (Wildman–Crippen LogP) is 0.465. The fraction of sp³-hybridized carbons (Fsp3) is 0.350. The molecule has 4 unspecified atom stereocenters. The summed E-state index contributed by atoms with van der Waals surface area (Å²) in [7, 11) is 2.71. The lowest BCUT2D eigenvalue weighted by Gasteiger charge is -2.36. The molecule has 0 saturated carbocycles. The predicted molar refractivity (Wildman–Crippen MR) is 97.5 cm³/mol. The summed E-state index contributed by atoms with van der Waals surface area (Å²) < 4.78 is 9.87. The molecule has 0 fully saturated rings. The van der Waals surface area contributed by atoms with Gasteiger partial charge in [-0.1, -0.05) is 36.4 Å². The van der Waals surface area contributed by atoms with Gasteiger partial charge in [-0.3, -0.25) is 9.59 Å². The number of anilines is 1. The Hall–Kier alpha value is -2.89. The van der Waals surface area contributed by atoms with E-state index in [0.717, 1.165) is 11.4 Å². The van der Waals surface area contributed by atoms with Crippen molar-refractivity contribution < 1.29 is 24.1 Å². The first-order valence-electron chi connectivity index (χ1n) is 8.58. The number of hydrogen-bond donors (Lipinski definition) is 2. The summed E-state index contributed by atoms with van der Waals surface area (Å²) in [4.78, 5) is 27.8. The van der Waals surface area contributed by atoms with Crippen molar-refractivity contribution in [3.8, 4) is 0 Å². The minimum atomic E-state index is -0.552. The second-order valence-electron chi connectivity index (χ2n) is 6.34. The molecule has 2 aliphatic rings. The third kappa shape index (κ3) is 3.69. The van der Waals surface area contributed by atoms with E-state index in [1.807, 2.05) is 54.6 Å². The molecule has 0 radical (unpaired) electrons. The summed E-state index contributed by atoms with van der Waals surface area (Å²) in [6, 6.07) is 9.04. The summed E-state index contributed by atoms with van der Waals surface area (Å²) in [6.07, 6.45) is 8.00. The van der Waals surface area contributed by atoms with Crippen LogP contribution in [0.1, 0.15) is 6.42 Å². The number of hydrogen-bond acceptors (Lipinski definition) is 5. The third-order valence-electron chi connectivity index (χ3n) is 4.82. The number of ether oxygens (including phenoxy) is 2. The van der Waals surface area contributed by atoms with Gasteiger partial charge in [0.25, 0.3) is 0 Å². The van der Waals surface area contributed by atoms with Crippen molar-refractivity contribution in [3.63, 3.8) is 0 Å². The van der Waals surface area contributed by atoms with E-state index in [2.05, 4.69) is 10.3 Å². The number of carbonyl (C=O) groups is 2. The molecule has 0 spiro atoms. The number of methoxy groups -OCH3 is 2. The van der Waals surface area contributed by atoms with E-state index in [1.165, 1.54) is 14.2 Å². The molecule has 1 aliphatic heterocycles. The standard InChI is InChI=1S/C20H22N2O4/c1-25-17(23)12-16-18(20(24)26-2)19(21-13-8-4-3-5-9-13)14-10-6-7-11-15(14)22-16/h3-11,14,16,18-19,21H,12H2,1-2H3/p+1. The Morgan fingerprint density at radius 3 is 2.58 bits per heavy atom. The van der Waals surface area contributed by atoms with Crippen molar-refractivity contribution in [2.24, 2.45) is 11.8 Å². The van der Waals surface area contributed by atoms with Gasteiger partial charge in [0, 0.05) is 11.8 Å². The summed E-state index contributed by atoms with van der Waals surface area (Å²) in [5.74, 6) is -1.31. The van der Waals surface area contributed by atoms with Crippen molar-refractivity contribution in [3.05, 3.63) is 54.6 Å². The van der Waals surface area contributed by atoms with Crippen LogP contribution in [0.2, 0.25) is 0 Å². The summed E-state index contributed by atoms with van der Waals surface area (Å²) >= 11 is 0. The van der Waals surface area contributed by atoms with Gasteiger partial charge < -0.3 is 14.8 Å². The minimum Gasteiger partial charge on any atom is -0.469 e. The average Bonchev–Trinajstić information content (AvgIpc) is 2.68. The molecule has 4 atom stereocenters.